The van der Waals surface area contributed by atoms with E-state index < -0.39 is 0 Å². The maximum Gasteiger partial charge on any atom is 0.273 e. The topological polar surface area (TPSA) is 49.6 Å². The van der Waals surface area contributed by atoms with Gasteiger partial charge in [0.2, 0.25) is 0 Å². The van der Waals surface area contributed by atoms with Crippen LogP contribution < -0.4 is 0 Å². The number of benzene rings is 1. The summed E-state index contributed by atoms with van der Waals surface area (Å²) in [5.74, 6) is 0.766. The standard InChI is InChI=1S/C20H29N3O2/c24-23(25)18-10-5-4-9-17(18)15-22-14-13-21-12-6-11-19(21)20(22)16-7-2-1-3-8-16/h4-5,9-10,16,19-20H,1-3,6-8,11-15H2/t19-,20+/m1/s1. The van der Waals surface area contributed by atoms with Crippen molar-refractivity contribution >= 4 is 5.69 Å². The van der Waals surface area contributed by atoms with Crippen LogP contribution >= 0.6 is 0 Å². The van der Waals surface area contributed by atoms with E-state index in [0.717, 1.165) is 31.1 Å². The predicted octanol–water partition coefficient (Wildman–Crippen LogP) is 3.82. The summed E-state index contributed by atoms with van der Waals surface area (Å²) >= 11 is 0. The van der Waals surface area contributed by atoms with E-state index in [1.165, 1.54) is 51.5 Å². The lowest BCUT2D eigenvalue weighted by molar-refractivity contribution is -0.385. The fourth-order valence-corrected chi connectivity index (χ4v) is 5.48. The Balaban J connectivity index is 1.59. The summed E-state index contributed by atoms with van der Waals surface area (Å²) < 4.78 is 0. The molecule has 0 N–H and O–H groups in total. The highest BCUT2D eigenvalue weighted by Crippen LogP contribution is 2.38. The molecule has 2 aliphatic heterocycles. The van der Waals surface area contributed by atoms with Gasteiger partial charge in [0.05, 0.1) is 4.92 Å². The molecule has 0 spiro atoms. The second-order valence-corrected chi connectivity index (χ2v) is 7.99. The van der Waals surface area contributed by atoms with Crippen LogP contribution in [0.2, 0.25) is 0 Å². The maximum absolute atomic E-state index is 11.4. The normalized spacial score (nSPS) is 28.8. The summed E-state index contributed by atoms with van der Waals surface area (Å²) in [6, 6.07) is 8.54. The van der Waals surface area contributed by atoms with Gasteiger partial charge in [0.25, 0.3) is 5.69 Å². The number of nitrogens with zero attached hydrogens (tertiary/aromatic N) is 3. The van der Waals surface area contributed by atoms with Gasteiger partial charge in [-0.3, -0.25) is 19.9 Å². The summed E-state index contributed by atoms with van der Waals surface area (Å²) in [6.45, 7) is 4.13. The van der Waals surface area contributed by atoms with Gasteiger partial charge in [-0.05, 0) is 38.1 Å². The van der Waals surface area contributed by atoms with E-state index in [9.17, 15) is 10.1 Å². The third-order valence-corrected chi connectivity index (χ3v) is 6.60. The van der Waals surface area contributed by atoms with Gasteiger partial charge in [0.15, 0.2) is 0 Å². The zero-order chi connectivity index (χ0) is 17.2. The molecule has 3 aliphatic rings. The van der Waals surface area contributed by atoms with E-state index in [-0.39, 0.29) is 10.6 Å². The molecule has 0 radical (unpaired) electrons. The molecule has 5 heteroatoms. The van der Waals surface area contributed by atoms with Crippen molar-refractivity contribution in [2.75, 3.05) is 19.6 Å². The Bertz CT molecular complexity index is 615. The molecule has 4 rings (SSSR count). The molecule has 1 aromatic carbocycles. The molecule has 0 amide bonds. The van der Waals surface area contributed by atoms with E-state index >= 15 is 0 Å². The number of rotatable bonds is 4. The Hall–Kier alpha value is -1.46. The summed E-state index contributed by atoms with van der Waals surface area (Å²) in [6.07, 6.45) is 9.37. The van der Waals surface area contributed by atoms with E-state index in [2.05, 4.69) is 9.80 Å². The Morgan fingerprint density at radius 1 is 1.00 bits per heavy atom. The van der Waals surface area contributed by atoms with Crippen molar-refractivity contribution in [3.8, 4) is 0 Å². The summed E-state index contributed by atoms with van der Waals surface area (Å²) in [5, 5.41) is 11.4. The number of nitro benzene ring substituents is 1. The smallest absolute Gasteiger partial charge is 0.273 e. The minimum absolute atomic E-state index is 0.225. The van der Waals surface area contributed by atoms with Gasteiger partial charge < -0.3 is 0 Å². The quantitative estimate of drug-likeness (QED) is 0.616. The van der Waals surface area contributed by atoms with Crippen molar-refractivity contribution in [1.82, 2.24) is 9.80 Å². The molecule has 1 saturated carbocycles. The third kappa shape index (κ3) is 3.44. The van der Waals surface area contributed by atoms with Gasteiger partial charge in [0.1, 0.15) is 0 Å². The number of fused-ring (bicyclic) bond motifs is 1. The van der Waals surface area contributed by atoms with Crippen LogP contribution in [0.4, 0.5) is 5.69 Å². The first-order valence-corrected chi connectivity index (χ1v) is 9.94. The van der Waals surface area contributed by atoms with Crippen molar-refractivity contribution in [3.63, 3.8) is 0 Å². The lowest BCUT2D eigenvalue weighted by atomic mass is 9.78. The maximum atomic E-state index is 11.4. The average Bonchev–Trinajstić information content (AvgIpc) is 3.11. The molecule has 3 fully saturated rings. The van der Waals surface area contributed by atoms with E-state index in [1.807, 2.05) is 12.1 Å². The second-order valence-electron chi connectivity index (χ2n) is 7.99. The molecular formula is C20H29N3O2. The molecule has 2 atom stereocenters. The number of hydrogen-bond donors (Lipinski definition) is 0. The summed E-state index contributed by atoms with van der Waals surface area (Å²) in [5.41, 5.74) is 1.15. The fourth-order valence-electron chi connectivity index (χ4n) is 5.48. The van der Waals surface area contributed by atoms with Gasteiger partial charge in [-0.1, -0.05) is 37.5 Å². The van der Waals surface area contributed by atoms with Crippen LogP contribution in [0.3, 0.4) is 0 Å². The largest absolute Gasteiger partial charge is 0.298 e. The van der Waals surface area contributed by atoms with Gasteiger partial charge in [0, 0.05) is 43.3 Å². The third-order valence-electron chi connectivity index (χ3n) is 6.60. The molecule has 25 heavy (non-hydrogen) atoms. The zero-order valence-corrected chi connectivity index (χ0v) is 15.0. The number of para-hydroxylation sites is 1. The van der Waals surface area contributed by atoms with Crippen LogP contribution in [0.5, 0.6) is 0 Å². The van der Waals surface area contributed by atoms with Crippen molar-refractivity contribution in [3.05, 3.63) is 39.9 Å². The van der Waals surface area contributed by atoms with Gasteiger partial charge in [-0.15, -0.1) is 0 Å². The van der Waals surface area contributed by atoms with Crippen molar-refractivity contribution < 1.29 is 4.92 Å². The first-order chi connectivity index (χ1) is 12.2. The molecule has 5 nitrogen and oxygen atoms in total. The molecule has 2 heterocycles. The lowest BCUT2D eigenvalue weighted by Crippen LogP contribution is -2.59. The molecule has 1 aliphatic carbocycles. The van der Waals surface area contributed by atoms with Crippen LogP contribution in [0.25, 0.3) is 0 Å². The zero-order valence-electron chi connectivity index (χ0n) is 15.0. The minimum Gasteiger partial charge on any atom is -0.298 e. The minimum atomic E-state index is -0.225. The van der Waals surface area contributed by atoms with Crippen molar-refractivity contribution in [2.24, 2.45) is 5.92 Å². The van der Waals surface area contributed by atoms with Crippen molar-refractivity contribution in [2.45, 2.75) is 63.6 Å². The van der Waals surface area contributed by atoms with Gasteiger partial charge in [-0.25, -0.2) is 0 Å². The number of hydrogen-bond acceptors (Lipinski definition) is 4. The highest BCUT2D eigenvalue weighted by atomic mass is 16.6. The molecule has 1 aromatic rings. The van der Waals surface area contributed by atoms with Crippen LogP contribution in [0, 0.1) is 16.0 Å². The van der Waals surface area contributed by atoms with E-state index in [0.29, 0.717) is 12.1 Å². The average molecular weight is 343 g/mol. The second kappa shape index (κ2) is 7.42. The van der Waals surface area contributed by atoms with Crippen LogP contribution in [0.1, 0.15) is 50.5 Å². The lowest BCUT2D eigenvalue weighted by Gasteiger charge is -2.49. The summed E-state index contributed by atoms with van der Waals surface area (Å²) in [4.78, 5) is 16.5. The molecule has 136 valence electrons. The number of nitro groups is 1. The SMILES string of the molecule is O=[N+]([O-])c1ccccc1CN1CCN2CCC[C@@H]2[C@@H]1C1CCCCC1. The van der Waals surface area contributed by atoms with E-state index in [4.69, 9.17) is 0 Å². The first kappa shape index (κ1) is 17.0. The Labute approximate surface area is 150 Å². The molecule has 0 bridgehead atoms. The first-order valence-electron chi connectivity index (χ1n) is 9.94. The fraction of sp³-hybridized carbons (Fsp3) is 0.700. The molecule has 2 saturated heterocycles. The Morgan fingerprint density at radius 3 is 2.60 bits per heavy atom. The van der Waals surface area contributed by atoms with E-state index in [1.54, 1.807) is 12.1 Å². The predicted molar refractivity (Wildman–Crippen MR) is 98.5 cm³/mol. The molecule has 0 unspecified atom stereocenters. The van der Waals surface area contributed by atoms with Crippen LogP contribution in [0.15, 0.2) is 24.3 Å². The molecule has 0 aromatic heterocycles. The number of piperazine rings is 1. The van der Waals surface area contributed by atoms with Crippen LogP contribution in [-0.2, 0) is 6.54 Å². The monoisotopic (exact) mass is 343 g/mol. The Kier molecular flexibility index (Phi) is 5.04. The van der Waals surface area contributed by atoms with Gasteiger partial charge in [-0.2, -0.15) is 0 Å². The molecular weight excluding hydrogens is 314 g/mol. The Morgan fingerprint density at radius 2 is 1.80 bits per heavy atom. The highest BCUT2D eigenvalue weighted by Gasteiger charge is 2.43. The van der Waals surface area contributed by atoms with Gasteiger partial charge >= 0.3 is 0 Å². The van der Waals surface area contributed by atoms with Crippen LogP contribution in [-0.4, -0.2) is 46.4 Å². The summed E-state index contributed by atoms with van der Waals surface area (Å²) in [7, 11) is 0. The van der Waals surface area contributed by atoms with Crippen molar-refractivity contribution in [1.29, 1.82) is 0 Å². The highest BCUT2D eigenvalue weighted by molar-refractivity contribution is 5.39.